The van der Waals surface area contributed by atoms with Crippen LogP contribution in [0.3, 0.4) is 0 Å². The van der Waals surface area contributed by atoms with Gasteiger partial charge in [0, 0.05) is 0 Å². The van der Waals surface area contributed by atoms with Gasteiger partial charge in [-0.05, 0) is 30.3 Å². The fourth-order valence-electron chi connectivity index (χ4n) is 1.46. The molecule has 0 saturated carbocycles. The first-order valence-electron chi connectivity index (χ1n) is 5.90. The molecule has 2 aromatic rings. The average molecular weight is 288 g/mol. The summed E-state index contributed by atoms with van der Waals surface area (Å²) >= 11 is 0. The summed E-state index contributed by atoms with van der Waals surface area (Å²) < 4.78 is 23.2. The van der Waals surface area contributed by atoms with Crippen molar-refractivity contribution in [3.63, 3.8) is 0 Å². The highest BCUT2D eigenvalue weighted by Gasteiger charge is 2.36. The molecule has 0 aliphatic carbocycles. The summed E-state index contributed by atoms with van der Waals surface area (Å²) in [5, 5.41) is 0. The summed E-state index contributed by atoms with van der Waals surface area (Å²) in [6.07, 6.45) is 0.937. The lowest BCUT2D eigenvalue weighted by atomic mass is 10.3. The Morgan fingerprint density at radius 3 is 1.65 bits per heavy atom. The number of rotatable bonds is 6. The Labute approximate surface area is 117 Å². The van der Waals surface area contributed by atoms with Crippen molar-refractivity contribution in [1.82, 2.24) is 0 Å². The van der Waals surface area contributed by atoms with E-state index in [9.17, 15) is 9.36 Å². The van der Waals surface area contributed by atoms with E-state index >= 15 is 0 Å². The third-order valence-electron chi connectivity index (χ3n) is 2.38. The predicted octanol–water partition coefficient (Wildman–Crippen LogP) is 4.05. The van der Waals surface area contributed by atoms with E-state index in [4.69, 9.17) is 9.05 Å². The molecular weight excluding hydrogens is 275 g/mol. The standard InChI is InChI=1S/C15H13O4P/c1-2-15(16)20(17,18-13-9-5-3-6-10-13)19-14-11-7-4-8-12-14/h2-12H,1H2. The van der Waals surface area contributed by atoms with Crippen molar-refractivity contribution in [3.05, 3.63) is 73.3 Å². The zero-order chi connectivity index (χ0) is 14.4. The van der Waals surface area contributed by atoms with Crippen LogP contribution in [0.25, 0.3) is 0 Å². The Bertz CT molecular complexity index is 592. The molecule has 2 rings (SSSR count). The van der Waals surface area contributed by atoms with Crippen LogP contribution in [0.5, 0.6) is 11.5 Å². The van der Waals surface area contributed by atoms with Gasteiger partial charge in [0.1, 0.15) is 11.5 Å². The van der Waals surface area contributed by atoms with Gasteiger partial charge in [-0.1, -0.05) is 43.0 Å². The molecule has 4 nitrogen and oxygen atoms in total. The van der Waals surface area contributed by atoms with Gasteiger partial charge in [-0.2, -0.15) is 0 Å². The maximum absolute atomic E-state index is 12.6. The molecule has 0 aliphatic rings. The van der Waals surface area contributed by atoms with Crippen molar-refractivity contribution in [2.24, 2.45) is 0 Å². The van der Waals surface area contributed by atoms with E-state index in [0.29, 0.717) is 11.5 Å². The second-order valence-corrected chi connectivity index (χ2v) is 5.65. The quantitative estimate of drug-likeness (QED) is 0.594. The molecule has 0 atom stereocenters. The molecular formula is C15H13O4P. The van der Waals surface area contributed by atoms with Gasteiger partial charge in [-0.3, -0.25) is 4.79 Å². The molecule has 0 aliphatic heterocycles. The van der Waals surface area contributed by atoms with Crippen LogP contribution < -0.4 is 9.05 Å². The smallest absolute Gasteiger partial charge is 0.411 e. The van der Waals surface area contributed by atoms with Gasteiger partial charge < -0.3 is 9.05 Å². The minimum atomic E-state index is -4.01. The van der Waals surface area contributed by atoms with E-state index in [1.807, 2.05) is 0 Å². The lowest BCUT2D eigenvalue weighted by molar-refractivity contribution is -0.109. The zero-order valence-electron chi connectivity index (χ0n) is 10.6. The maximum atomic E-state index is 12.6. The molecule has 20 heavy (non-hydrogen) atoms. The largest absolute Gasteiger partial charge is 0.502 e. The average Bonchev–Trinajstić information content (AvgIpc) is 2.48. The summed E-state index contributed by atoms with van der Waals surface area (Å²) in [6, 6.07) is 16.8. The van der Waals surface area contributed by atoms with Crippen molar-refractivity contribution in [2.45, 2.75) is 0 Å². The number of allylic oxidation sites excluding steroid dienone is 1. The van der Waals surface area contributed by atoms with Gasteiger partial charge in [-0.15, -0.1) is 0 Å². The molecule has 0 unspecified atom stereocenters. The van der Waals surface area contributed by atoms with Gasteiger partial charge >= 0.3 is 7.60 Å². The maximum Gasteiger partial charge on any atom is 0.502 e. The van der Waals surface area contributed by atoms with Gasteiger partial charge in [0.05, 0.1) is 0 Å². The molecule has 0 amide bonds. The normalized spacial score (nSPS) is 10.6. The SMILES string of the molecule is C=CC(=O)P(=O)(Oc1ccccc1)Oc1ccccc1. The summed E-state index contributed by atoms with van der Waals surface area (Å²) in [5.41, 5.74) is -0.787. The number of benzene rings is 2. The fourth-order valence-corrected chi connectivity index (χ4v) is 2.70. The Morgan fingerprint density at radius 2 is 1.30 bits per heavy atom. The highest BCUT2D eigenvalue weighted by Crippen LogP contribution is 2.49. The first kappa shape index (κ1) is 14.1. The van der Waals surface area contributed by atoms with Crippen LogP contribution in [-0.4, -0.2) is 5.52 Å². The van der Waals surface area contributed by atoms with Crippen LogP contribution in [-0.2, 0) is 9.36 Å². The van der Waals surface area contributed by atoms with Crippen molar-refractivity contribution < 1.29 is 18.4 Å². The highest BCUT2D eigenvalue weighted by molar-refractivity contribution is 7.73. The summed E-state index contributed by atoms with van der Waals surface area (Å²) in [6.45, 7) is 3.33. The zero-order valence-corrected chi connectivity index (χ0v) is 11.5. The summed E-state index contributed by atoms with van der Waals surface area (Å²) in [5.74, 6) is 0.587. The Kier molecular flexibility index (Phi) is 4.38. The topological polar surface area (TPSA) is 52.6 Å². The van der Waals surface area contributed by atoms with Gasteiger partial charge in [0.2, 0.25) is 0 Å². The third kappa shape index (κ3) is 3.37. The Morgan fingerprint density at radius 1 is 0.900 bits per heavy atom. The van der Waals surface area contributed by atoms with Gasteiger partial charge in [-0.25, -0.2) is 4.57 Å². The molecule has 0 spiro atoms. The Hall–Kier alpha value is -2.32. The van der Waals surface area contributed by atoms with E-state index in [-0.39, 0.29) is 0 Å². The minimum Gasteiger partial charge on any atom is -0.411 e. The lowest BCUT2D eigenvalue weighted by Gasteiger charge is -2.17. The molecule has 0 heterocycles. The molecule has 5 heteroatoms. The molecule has 0 aromatic heterocycles. The molecule has 2 aromatic carbocycles. The van der Waals surface area contributed by atoms with Crippen molar-refractivity contribution in [3.8, 4) is 11.5 Å². The molecule has 0 fully saturated rings. The first-order valence-corrected chi connectivity index (χ1v) is 7.44. The van der Waals surface area contributed by atoms with Crippen molar-refractivity contribution in [1.29, 1.82) is 0 Å². The number of para-hydroxylation sites is 2. The first-order chi connectivity index (χ1) is 9.64. The molecule has 0 saturated heterocycles. The van der Waals surface area contributed by atoms with Gasteiger partial charge in [0.25, 0.3) is 5.52 Å². The molecule has 0 radical (unpaired) electrons. The number of carbonyl (C=O) groups excluding carboxylic acids is 1. The van der Waals surface area contributed by atoms with Crippen LogP contribution in [0, 0.1) is 0 Å². The third-order valence-corrected chi connectivity index (χ3v) is 4.01. The van der Waals surface area contributed by atoms with Crippen LogP contribution in [0.15, 0.2) is 73.3 Å². The number of carbonyl (C=O) groups is 1. The predicted molar refractivity (Wildman–Crippen MR) is 77.0 cm³/mol. The lowest BCUT2D eigenvalue weighted by Crippen LogP contribution is -2.09. The van der Waals surface area contributed by atoms with E-state index in [0.717, 1.165) is 6.08 Å². The highest BCUT2D eigenvalue weighted by atomic mass is 31.2. The second-order valence-electron chi connectivity index (χ2n) is 3.85. The van der Waals surface area contributed by atoms with E-state index in [2.05, 4.69) is 6.58 Å². The molecule has 0 bridgehead atoms. The molecule has 102 valence electrons. The number of hydrogen-bond acceptors (Lipinski definition) is 4. The van der Waals surface area contributed by atoms with Crippen molar-refractivity contribution >= 4 is 13.1 Å². The summed E-state index contributed by atoms with van der Waals surface area (Å²) in [7, 11) is -4.01. The minimum absolute atomic E-state index is 0.293. The van der Waals surface area contributed by atoms with Crippen LogP contribution in [0.4, 0.5) is 0 Å². The van der Waals surface area contributed by atoms with E-state index in [1.54, 1.807) is 60.7 Å². The van der Waals surface area contributed by atoms with Crippen LogP contribution in [0.1, 0.15) is 0 Å². The van der Waals surface area contributed by atoms with Gasteiger partial charge in [0.15, 0.2) is 0 Å². The monoisotopic (exact) mass is 288 g/mol. The molecule has 0 N–H and O–H groups in total. The second kappa shape index (κ2) is 6.22. The van der Waals surface area contributed by atoms with Crippen molar-refractivity contribution in [2.75, 3.05) is 0 Å². The van der Waals surface area contributed by atoms with E-state index < -0.39 is 13.1 Å². The van der Waals surface area contributed by atoms with E-state index in [1.165, 1.54) is 0 Å². The Balaban J connectivity index is 2.29. The van der Waals surface area contributed by atoms with Crippen LogP contribution >= 0.6 is 7.60 Å². The summed E-state index contributed by atoms with van der Waals surface area (Å²) in [4.78, 5) is 11.8. The van der Waals surface area contributed by atoms with Crippen LogP contribution in [0.2, 0.25) is 0 Å². The number of hydrogen-bond donors (Lipinski definition) is 0. The fraction of sp³-hybridized carbons (Fsp3) is 0.